The summed E-state index contributed by atoms with van der Waals surface area (Å²) in [7, 11) is -3.56. The van der Waals surface area contributed by atoms with Crippen molar-refractivity contribution in [2.45, 2.75) is 18.0 Å². The number of hydrogen-bond donors (Lipinski definition) is 2. The monoisotopic (exact) mass is 250 g/mol. The van der Waals surface area contributed by atoms with Crippen LogP contribution in [0.4, 0.5) is 0 Å². The third-order valence-corrected chi connectivity index (χ3v) is 4.00. The van der Waals surface area contributed by atoms with Gasteiger partial charge in [-0.2, -0.15) is 4.72 Å². The van der Waals surface area contributed by atoms with E-state index in [0.29, 0.717) is 5.39 Å². The molecule has 90 valence electrons. The second-order valence-corrected chi connectivity index (χ2v) is 5.57. The van der Waals surface area contributed by atoms with Gasteiger partial charge < -0.3 is 5.73 Å². The summed E-state index contributed by atoms with van der Waals surface area (Å²) in [6.07, 6.45) is -0.612. The third-order valence-electron chi connectivity index (χ3n) is 2.38. The minimum absolute atomic E-state index is 0.257. The van der Waals surface area contributed by atoms with Gasteiger partial charge in [0.15, 0.2) is 0 Å². The lowest BCUT2D eigenvalue weighted by molar-refractivity contribution is 0.566. The van der Waals surface area contributed by atoms with E-state index in [1.54, 1.807) is 25.1 Å². The van der Waals surface area contributed by atoms with E-state index in [1.807, 2.05) is 24.3 Å². The summed E-state index contributed by atoms with van der Waals surface area (Å²) in [6, 6.07) is 12.5. The Morgan fingerprint density at radius 3 is 2.47 bits per heavy atom. The van der Waals surface area contributed by atoms with Gasteiger partial charge in [0, 0.05) is 5.39 Å². The lowest BCUT2D eigenvalue weighted by atomic mass is 10.1. The summed E-state index contributed by atoms with van der Waals surface area (Å²) in [5.41, 5.74) is 5.47. The minimum atomic E-state index is -3.56. The fourth-order valence-corrected chi connectivity index (χ4v) is 3.09. The van der Waals surface area contributed by atoms with Crippen LogP contribution in [0.2, 0.25) is 0 Å². The van der Waals surface area contributed by atoms with Gasteiger partial charge in [-0.3, -0.25) is 0 Å². The number of nitrogens with two attached hydrogens (primary N) is 1. The zero-order chi connectivity index (χ0) is 12.5. The molecule has 0 aliphatic heterocycles. The molecule has 3 N–H and O–H groups in total. The molecule has 5 heteroatoms. The van der Waals surface area contributed by atoms with Gasteiger partial charge in [0.25, 0.3) is 0 Å². The lowest BCUT2D eigenvalue weighted by Crippen LogP contribution is -2.38. The van der Waals surface area contributed by atoms with Crippen LogP contribution in [0.25, 0.3) is 10.8 Å². The zero-order valence-electron chi connectivity index (χ0n) is 9.42. The van der Waals surface area contributed by atoms with Crippen molar-refractivity contribution in [1.82, 2.24) is 4.72 Å². The Morgan fingerprint density at radius 1 is 1.12 bits per heavy atom. The molecular formula is C12H14N2O2S. The maximum Gasteiger partial charge on any atom is 0.242 e. The Balaban J connectivity index is 2.63. The molecule has 2 aromatic carbocycles. The fourth-order valence-electron chi connectivity index (χ4n) is 1.74. The van der Waals surface area contributed by atoms with E-state index in [-0.39, 0.29) is 4.90 Å². The Bertz CT molecular complexity index is 631. The van der Waals surface area contributed by atoms with Crippen molar-refractivity contribution in [2.24, 2.45) is 5.73 Å². The van der Waals surface area contributed by atoms with Crippen molar-refractivity contribution < 1.29 is 8.42 Å². The highest BCUT2D eigenvalue weighted by Crippen LogP contribution is 2.22. The topological polar surface area (TPSA) is 72.2 Å². The molecule has 2 rings (SSSR count). The molecule has 0 aromatic heterocycles. The molecule has 0 bridgehead atoms. The summed E-state index contributed by atoms with van der Waals surface area (Å²) in [4.78, 5) is 0.257. The molecule has 0 saturated carbocycles. The van der Waals surface area contributed by atoms with Gasteiger partial charge >= 0.3 is 0 Å². The molecule has 17 heavy (non-hydrogen) atoms. The smallest absolute Gasteiger partial charge is 0.242 e. The zero-order valence-corrected chi connectivity index (χ0v) is 10.2. The minimum Gasteiger partial charge on any atom is -0.315 e. The van der Waals surface area contributed by atoms with Crippen molar-refractivity contribution in [3.05, 3.63) is 42.5 Å². The molecule has 0 radical (unpaired) electrons. The molecule has 1 atom stereocenters. The van der Waals surface area contributed by atoms with Gasteiger partial charge in [-0.25, -0.2) is 8.42 Å². The number of rotatable bonds is 3. The molecular weight excluding hydrogens is 236 g/mol. The normalized spacial score (nSPS) is 13.8. The van der Waals surface area contributed by atoms with Crippen LogP contribution >= 0.6 is 0 Å². The van der Waals surface area contributed by atoms with E-state index >= 15 is 0 Å². The molecule has 0 amide bonds. The first-order valence-corrected chi connectivity index (χ1v) is 6.75. The van der Waals surface area contributed by atoms with Crippen molar-refractivity contribution in [3.63, 3.8) is 0 Å². The summed E-state index contributed by atoms with van der Waals surface area (Å²) in [5.74, 6) is 0. The molecule has 0 fully saturated rings. The summed E-state index contributed by atoms with van der Waals surface area (Å²) in [6.45, 7) is 1.59. The van der Waals surface area contributed by atoms with Gasteiger partial charge in [-0.1, -0.05) is 36.4 Å². The Morgan fingerprint density at radius 2 is 1.76 bits per heavy atom. The van der Waals surface area contributed by atoms with Gasteiger partial charge in [0.05, 0.1) is 11.1 Å². The quantitative estimate of drug-likeness (QED) is 0.809. The van der Waals surface area contributed by atoms with Crippen LogP contribution in [0.5, 0.6) is 0 Å². The van der Waals surface area contributed by atoms with E-state index in [1.165, 1.54) is 0 Å². The molecule has 0 aliphatic carbocycles. The van der Waals surface area contributed by atoms with Gasteiger partial charge in [0.1, 0.15) is 0 Å². The highest BCUT2D eigenvalue weighted by Gasteiger charge is 2.17. The molecule has 2 aromatic rings. The largest absolute Gasteiger partial charge is 0.315 e. The summed E-state index contributed by atoms with van der Waals surface area (Å²) >= 11 is 0. The van der Waals surface area contributed by atoms with Gasteiger partial charge in [0.2, 0.25) is 10.0 Å². The van der Waals surface area contributed by atoms with E-state index in [9.17, 15) is 8.42 Å². The summed E-state index contributed by atoms with van der Waals surface area (Å²) < 4.78 is 26.5. The van der Waals surface area contributed by atoms with Crippen LogP contribution in [0.1, 0.15) is 6.92 Å². The summed E-state index contributed by atoms with van der Waals surface area (Å²) in [5, 5.41) is 1.59. The second kappa shape index (κ2) is 4.44. The lowest BCUT2D eigenvalue weighted by Gasteiger charge is -2.11. The van der Waals surface area contributed by atoms with E-state index in [4.69, 9.17) is 5.73 Å². The number of hydrogen-bond acceptors (Lipinski definition) is 3. The van der Waals surface area contributed by atoms with Crippen molar-refractivity contribution in [1.29, 1.82) is 0 Å². The Hall–Kier alpha value is -1.43. The number of sulfonamides is 1. The van der Waals surface area contributed by atoms with Crippen LogP contribution in [-0.4, -0.2) is 14.6 Å². The van der Waals surface area contributed by atoms with Crippen LogP contribution in [0, 0.1) is 0 Å². The Labute approximate surface area is 100 Å². The number of fused-ring (bicyclic) bond motifs is 1. The predicted octanol–water partition coefficient (Wildman–Crippen LogP) is 1.42. The van der Waals surface area contributed by atoms with E-state index in [0.717, 1.165) is 5.39 Å². The number of benzene rings is 2. The Kier molecular flexibility index (Phi) is 3.15. The van der Waals surface area contributed by atoms with Gasteiger partial charge in [-0.05, 0) is 18.4 Å². The fraction of sp³-hybridized carbons (Fsp3) is 0.167. The SMILES string of the molecule is CC(N)NS(=O)(=O)c1cccc2ccccc12. The van der Waals surface area contributed by atoms with E-state index in [2.05, 4.69) is 4.72 Å². The average Bonchev–Trinajstić information content (AvgIpc) is 2.26. The average molecular weight is 250 g/mol. The highest BCUT2D eigenvalue weighted by molar-refractivity contribution is 7.89. The van der Waals surface area contributed by atoms with Crippen molar-refractivity contribution in [3.8, 4) is 0 Å². The molecule has 4 nitrogen and oxygen atoms in total. The highest BCUT2D eigenvalue weighted by atomic mass is 32.2. The first-order valence-electron chi connectivity index (χ1n) is 5.26. The van der Waals surface area contributed by atoms with Crippen LogP contribution in [-0.2, 0) is 10.0 Å². The van der Waals surface area contributed by atoms with Crippen LogP contribution in [0.3, 0.4) is 0 Å². The first kappa shape index (κ1) is 12.0. The maximum absolute atomic E-state index is 12.1. The van der Waals surface area contributed by atoms with Crippen molar-refractivity contribution in [2.75, 3.05) is 0 Å². The molecule has 0 saturated heterocycles. The van der Waals surface area contributed by atoms with Gasteiger partial charge in [-0.15, -0.1) is 0 Å². The molecule has 0 heterocycles. The van der Waals surface area contributed by atoms with Crippen LogP contribution < -0.4 is 10.5 Å². The predicted molar refractivity (Wildman–Crippen MR) is 67.9 cm³/mol. The standard InChI is InChI=1S/C12H14N2O2S/c1-9(13)14-17(15,16)12-8-4-6-10-5-2-3-7-11(10)12/h2-9,14H,13H2,1H3. The van der Waals surface area contributed by atoms with Crippen LogP contribution in [0.15, 0.2) is 47.4 Å². The first-order chi connectivity index (χ1) is 8.00. The maximum atomic E-state index is 12.1. The molecule has 0 aliphatic rings. The third kappa shape index (κ3) is 2.46. The van der Waals surface area contributed by atoms with E-state index < -0.39 is 16.2 Å². The molecule has 0 spiro atoms. The molecule has 1 unspecified atom stereocenters. The number of nitrogens with one attached hydrogen (secondary N) is 1. The van der Waals surface area contributed by atoms with Crippen molar-refractivity contribution >= 4 is 20.8 Å². The second-order valence-electron chi connectivity index (χ2n) is 3.89.